The molecule has 17 heavy (non-hydrogen) atoms. The zero-order valence-electron chi connectivity index (χ0n) is 11.6. The molecule has 0 radical (unpaired) electrons. The zero-order chi connectivity index (χ0) is 12.5. The summed E-state index contributed by atoms with van der Waals surface area (Å²) in [5.41, 5.74) is 0. The van der Waals surface area contributed by atoms with Crippen LogP contribution in [0.15, 0.2) is 0 Å². The third-order valence-electron chi connectivity index (χ3n) is 3.78. The predicted octanol–water partition coefficient (Wildman–Crippen LogP) is -0.417. The van der Waals surface area contributed by atoms with E-state index in [1.165, 1.54) is 0 Å². The van der Waals surface area contributed by atoms with Crippen LogP contribution in [0.5, 0.6) is 0 Å². The number of hydrogen-bond acceptors (Lipinski definition) is 5. The summed E-state index contributed by atoms with van der Waals surface area (Å²) in [6, 6.07) is 0. The van der Waals surface area contributed by atoms with E-state index in [1.807, 2.05) is 0 Å². The molecule has 5 nitrogen and oxygen atoms in total. The molecule has 0 aliphatic carbocycles. The molecule has 0 aromatic carbocycles. The van der Waals surface area contributed by atoms with Crippen LogP contribution >= 0.6 is 0 Å². The minimum Gasteiger partial charge on any atom is -0.402 e. The van der Waals surface area contributed by atoms with Gasteiger partial charge in [-0.15, -0.1) is 0 Å². The molecular formula is C11H26N4OSi. The molecule has 3 aliphatic heterocycles. The normalized spacial score (nSPS) is 37.8. The van der Waals surface area contributed by atoms with Crippen molar-refractivity contribution in [3.63, 3.8) is 0 Å². The molecule has 0 unspecified atom stereocenters. The van der Waals surface area contributed by atoms with Crippen molar-refractivity contribution < 1.29 is 4.43 Å². The lowest BCUT2D eigenvalue weighted by molar-refractivity contribution is 0.0567. The van der Waals surface area contributed by atoms with E-state index < -0.39 is 8.48 Å². The van der Waals surface area contributed by atoms with Gasteiger partial charge in [0.1, 0.15) is 0 Å². The van der Waals surface area contributed by atoms with Gasteiger partial charge < -0.3 is 8.99 Å². The van der Waals surface area contributed by atoms with E-state index in [9.17, 15) is 0 Å². The Morgan fingerprint density at radius 3 is 2.12 bits per heavy atom. The maximum absolute atomic E-state index is 6.29. The summed E-state index contributed by atoms with van der Waals surface area (Å²) in [5, 5.41) is 0. The van der Waals surface area contributed by atoms with Gasteiger partial charge in [0.25, 0.3) is 8.48 Å². The lowest BCUT2D eigenvalue weighted by Crippen LogP contribution is -2.72. The molecule has 0 atom stereocenters. The van der Waals surface area contributed by atoms with E-state index in [0.29, 0.717) is 0 Å². The van der Waals surface area contributed by atoms with Crippen LogP contribution in [-0.2, 0) is 4.43 Å². The molecule has 3 rings (SSSR count). The van der Waals surface area contributed by atoms with Crippen LogP contribution in [0.25, 0.3) is 0 Å². The van der Waals surface area contributed by atoms with Gasteiger partial charge in [0.2, 0.25) is 0 Å². The first-order valence-corrected chi connectivity index (χ1v) is 8.77. The van der Waals surface area contributed by atoms with Crippen molar-refractivity contribution in [1.82, 2.24) is 19.3 Å². The second-order valence-corrected chi connectivity index (χ2v) is 9.08. The Bertz CT molecular complexity index is 252. The van der Waals surface area contributed by atoms with Crippen molar-refractivity contribution in [1.29, 1.82) is 0 Å². The van der Waals surface area contributed by atoms with E-state index in [1.54, 1.807) is 0 Å². The van der Waals surface area contributed by atoms with Gasteiger partial charge in [0.05, 0.1) is 13.3 Å². The fourth-order valence-electron chi connectivity index (χ4n) is 3.07. The Morgan fingerprint density at radius 2 is 1.59 bits per heavy atom. The van der Waals surface area contributed by atoms with E-state index in [0.717, 1.165) is 45.4 Å². The van der Waals surface area contributed by atoms with Gasteiger partial charge in [-0.25, -0.2) is 0 Å². The van der Waals surface area contributed by atoms with Crippen LogP contribution in [0.2, 0.25) is 0 Å². The Hall–Kier alpha value is 0.0169. The summed E-state index contributed by atoms with van der Waals surface area (Å²) in [6.45, 7) is 7.39. The molecule has 3 heterocycles. The average Bonchev–Trinajstić information content (AvgIpc) is 2.21. The zero-order valence-corrected chi connectivity index (χ0v) is 12.6. The highest BCUT2D eigenvalue weighted by molar-refractivity contribution is 6.71. The molecule has 100 valence electrons. The lowest BCUT2D eigenvalue weighted by Gasteiger charge is -2.50. The number of likely N-dealkylation sites (N-methyl/N-ethyl adjacent to an activating group) is 1. The van der Waals surface area contributed by atoms with E-state index >= 15 is 0 Å². The highest BCUT2D eigenvalue weighted by Gasteiger charge is 2.45. The van der Waals surface area contributed by atoms with Crippen molar-refractivity contribution in [3.05, 3.63) is 0 Å². The Labute approximate surface area is 106 Å². The van der Waals surface area contributed by atoms with Crippen molar-refractivity contribution in [3.8, 4) is 0 Å². The second kappa shape index (κ2) is 5.34. The van der Waals surface area contributed by atoms with Gasteiger partial charge in [-0.1, -0.05) is 0 Å². The molecule has 3 saturated heterocycles. The number of hydrogen-bond donors (Lipinski definition) is 0. The van der Waals surface area contributed by atoms with Crippen molar-refractivity contribution in [2.45, 2.75) is 6.92 Å². The quantitative estimate of drug-likeness (QED) is 0.626. The predicted molar refractivity (Wildman–Crippen MR) is 71.7 cm³/mol. The molecule has 0 N–H and O–H groups in total. The smallest absolute Gasteiger partial charge is 0.299 e. The molecule has 0 spiro atoms. The van der Waals surface area contributed by atoms with Gasteiger partial charge >= 0.3 is 0 Å². The number of nitrogens with zero attached hydrogens (tertiary/aromatic N) is 4. The molecule has 3 aliphatic rings. The molecule has 0 saturated carbocycles. The minimum atomic E-state index is -1.80. The summed E-state index contributed by atoms with van der Waals surface area (Å²) >= 11 is 0. The third kappa shape index (κ3) is 2.89. The molecule has 0 aromatic heterocycles. The molecule has 2 bridgehead atoms. The first-order chi connectivity index (χ1) is 8.05. The SMILES string of the molecule is CCO[Si]12CN(C)CN(CCN1C)CN(C)C2. The van der Waals surface area contributed by atoms with Crippen LogP contribution in [0, 0.1) is 0 Å². The summed E-state index contributed by atoms with van der Waals surface area (Å²) < 4.78 is 8.81. The standard InChI is InChI=1S/C11H26N4OSi/c1-5-16-17-10-12(2)8-15(7-6-14(17)4)9-13(3)11-17/h5-11H2,1-4H3. The fourth-order valence-corrected chi connectivity index (χ4v) is 6.99. The van der Waals surface area contributed by atoms with Gasteiger partial charge in [-0.05, 0) is 28.1 Å². The maximum Gasteiger partial charge on any atom is 0.299 e. The molecule has 3 fully saturated rings. The minimum absolute atomic E-state index is 0.835. The average molecular weight is 258 g/mol. The van der Waals surface area contributed by atoms with Crippen LogP contribution in [0.4, 0.5) is 0 Å². The van der Waals surface area contributed by atoms with E-state index in [4.69, 9.17) is 4.43 Å². The Balaban J connectivity index is 2.26. The summed E-state index contributed by atoms with van der Waals surface area (Å²) in [5.74, 6) is 0. The Morgan fingerprint density at radius 1 is 1.00 bits per heavy atom. The summed E-state index contributed by atoms with van der Waals surface area (Å²) in [4.78, 5) is 7.38. The molecule has 0 aromatic rings. The largest absolute Gasteiger partial charge is 0.402 e. The van der Waals surface area contributed by atoms with Crippen LogP contribution in [0.3, 0.4) is 0 Å². The van der Waals surface area contributed by atoms with Gasteiger partial charge in [-0.2, -0.15) is 0 Å². The molecule has 6 heteroatoms. The number of rotatable bonds is 2. The molecular weight excluding hydrogens is 232 g/mol. The van der Waals surface area contributed by atoms with Crippen molar-refractivity contribution >= 4 is 8.48 Å². The number of fused-ring (bicyclic) bond motifs is 6. The maximum atomic E-state index is 6.29. The summed E-state index contributed by atoms with van der Waals surface area (Å²) in [7, 11) is 4.89. The first-order valence-electron chi connectivity index (χ1n) is 6.50. The van der Waals surface area contributed by atoms with E-state index in [-0.39, 0.29) is 0 Å². The van der Waals surface area contributed by atoms with Gasteiger partial charge in [0.15, 0.2) is 0 Å². The second-order valence-electron chi connectivity index (χ2n) is 5.51. The van der Waals surface area contributed by atoms with Crippen LogP contribution < -0.4 is 0 Å². The van der Waals surface area contributed by atoms with Crippen LogP contribution in [-0.4, -0.2) is 94.3 Å². The lowest BCUT2D eigenvalue weighted by atomic mass is 10.5. The van der Waals surface area contributed by atoms with Crippen molar-refractivity contribution in [2.75, 3.05) is 66.5 Å². The highest BCUT2D eigenvalue weighted by Crippen LogP contribution is 2.19. The first kappa shape index (κ1) is 13.4. The fraction of sp³-hybridized carbons (Fsp3) is 1.00. The van der Waals surface area contributed by atoms with Crippen molar-refractivity contribution in [2.24, 2.45) is 0 Å². The van der Waals surface area contributed by atoms with Crippen LogP contribution in [0.1, 0.15) is 6.92 Å². The van der Waals surface area contributed by atoms with Gasteiger partial charge in [0, 0.05) is 32.0 Å². The highest BCUT2D eigenvalue weighted by atomic mass is 28.4. The summed E-state index contributed by atoms with van der Waals surface area (Å²) in [6.07, 6.45) is 2.22. The topological polar surface area (TPSA) is 22.2 Å². The molecule has 0 amide bonds. The third-order valence-corrected chi connectivity index (χ3v) is 8.29. The monoisotopic (exact) mass is 258 g/mol. The Kier molecular flexibility index (Phi) is 4.22. The van der Waals surface area contributed by atoms with E-state index in [2.05, 4.69) is 47.3 Å². The van der Waals surface area contributed by atoms with Gasteiger partial charge in [-0.3, -0.25) is 14.7 Å².